The first kappa shape index (κ1) is 53.6. The summed E-state index contributed by atoms with van der Waals surface area (Å²) in [7, 11) is 0. The van der Waals surface area contributed by atoms with Gasteiger partial charge in [-0.2, -0.15) is 0 Å². The molecule has 0 spiro atoms. The first-order chi connectivity index (χ1) is 27.5. The molecule has 1 atom stereocenters. The Bertz CT molecular complexity index is 953. The molecule has 0 bridgehead atoms. The van der Waals surface area contributed by atoms with E-state index in [4.69, 9.17) is 14.2 Å². The maximum atomic E-state index is 12.7. The van der Waals surface area contributed by atoms with Gasteiger partial charge in [-0.05, 0) is 89.9 Å². The molecule has 0 aromatic heterocycles. The lowest BCUT2D eigenvalue weighted by molar-refractivity contribution is -0.167. The quantitative estimate of drug-likeness (QED) is 0.0265. The highest BCUT2D eigenvalue weighted by atomic mass is 16.6. The monoisotopic (exact) mass is 787 g/mol. The van der Waals surface area contributed by atoms with Crippen molar-refractivity contribution < 1.29 is 28.6 Å². The van der Waals surface area contributed by atoms with Crippen molar-refractivity contribution in [1.82, 2.24) is 0 Å². The molecule has 0 saturated carbocycles. The largest absolute Gasteiger partial charge is 0.462 e. The standard InChI is InChI=1S/C50H90O6/c1-4-7-10-13-16-19-21-23-24-25-26-27-29-31-34-37-40-43-49(52)55-46-47(45-54-48(51)42-39-36-33-30-18-15-12-9-6-3)56-50(53)44-41-38-35-32-28-22-20-17-14-11-8-5-2/h17,20,23-24,30,33,47H,4-16,18-19,21-22,25-29,31-32,34-46H2,1-3H3/b20-17-,24-23-,33-30-. The number of hydrogen-bond acceptors (Lipinski definition) is 6. The highest BCUT2D eigenvalue weighted by Gasteiger charge is 2.19. The van der Waals surface area contributed by atoms with Gasteiger partial charge in [-0.25, -0.2) is 0 Å². The van der Waals surface area contributed by atoms with Gasteiger partial charge in [-0.15, -0.1) is 0 Å². The second kappa shape index (κ2) is 45.3. The van der Waals surface area contributed by atoms with Gasteiger partial charge in [0.25, 0.3) is 0 Å². The Hall–Kier alpha value is -2.37. The molecule has 0 radical (unpaired) electrons. The van der Waals surface area contributed by atoms with Gasteiger partial charge in [0, 0.05) is 19.3 Å². The van der Waals surface area contributed by atoms with Crippen LogP contribution in [-0.2, 0) is 28.6 Å². The molecule has 0 aromatic rings. The first-order valence-electron chi connectivity index (χ1n) is 24.0. The fraction of sp³-hybridized carbons (Fsp3) is 0.820. The van der Waals surface area contributed by atoms with E-state index in [-0.39, 0.29) is 31.1 Å². The fourth-order valence-electron chi connectivity index (χ4n) is 6.67. The zero-order valence-corrected chi connectivity index (χ0v) is 37.2. The van der Waals surface area contributed by atoms with E-state index >= 15 is 0 Å². The van der Waals surface area contributed by atoms with Crippen molar-refractivity contribution in [2.75, 3.05) is 13.2 Å². The number of esters is 3. The van der Waals surface area contributed by atoms with Gasteiger partial charge < -0.3 is 14.2 Å². The third-order valence-electron chi connectivity index (χ3n) is 10.3. The van der Waals surface area contributed by atoms with Gasteiger partial charge in [0.1, 0.15) is 13.2 Å². The van der Waals surface area contributed by atoms with E-state index in [1.807, 2.05) is 0 Å². The number of rotatable bonds is 43. The molecule has 6 heteroatoms. The molecule has 0 heterocycles. The Morgan fingerprint density at radius 2 is 0.607 bits per heavy atom. The topological polar surface area (TPSA) is 78.9 Å². The Balaban J connectivity index is 4.33. The molecule has 0 aliphatic heterocycles. The van der Waals surface area contributed by atoms with Crippen LogP contribution in [0.25, 0.3) is 0 Å². The third kappa shape index (κ3) is 42.8. The van der Waals surface area contributed by atoms with E-state index in [0.29, 0.717) is 19.3 Å². The first-order valence-corrected chi connectivity index (χ1v) is 24.0. The van der Waals surface area contributed by atoms with Gasteiger partial charge in [-0.1, -0.05) is 173 Å². The Morgan fingerprint density at radius 3 is 1.02 bits per heavy atom. The van der Waals surface area contributed by atoms with E-state index in [1.165, 1.54) is 135 Å². The minimum absolute atomic E-state index is 0.0853. The van der Waals surface area contributed by atoms with Gasteiger partial charge in [0.15, 0.2) is 6.10 Å². The predicted molar refractivity (Wildman–Crippen MR) is 238 cm³/mol. The van der Waals surface area contributed by atoms with Crippen molar-refractivity contribution >= 4 is 17.9 Å². The van der Waals surface area contributed by atoms with Crippen molar-refractivity contribution in [3.8, 4) is 0 Å². The lowest BCUT2D eigenvalue weighted by Crippen LogP contribution is -2.30. The lowest BCUT2D eigenvalue weighted by atomic mass is 10.1. The summed E-state index contributed by atoms with van der Waals surface area (Å²) in [6, 6.07) is 0. The van der Waals surface area contributed by atoms with Crippen LogP contribution in [-0.4, -0.2) is 37.2 Å². The fourth-order valence-corrected chi connectivity index (χ4v) is 6.67. The smallest absolute Gasteiger partial charge is 0.306 e. The SMILES string of the molecule is CCCCC/C=C\CCCCCCCC(=O)OC(COC(=O)CCC/C=C\CCCCCC)COC(=O)CCCCCCCCC/C=C\CCCCCCCC. The second-order valence-corrected chi connectivity index (χ2v) is 16.0. The Kier molecular flexibility index (Phi) is 43.4. The minimum atomic E-state index is -0.784. The van der Waals surface area contributed by atoms with Crippen LogP contribution in [0.4, 0.5) is 0 Å². The van der Waals surface area contributed by atoms with Crippen molar-refractivity contribution in [3.05, 3.63) is 36.5 Å². The number of ether oxygens (including phenoxy) is 3. The Morgan fingerprint density at radius 1 is 0.339 bits per heavy atom. The molecule has 0 amide bonds. The molecule has 56 heavy (non-hydrogen) atoms. The summed E-state index contributed by atoms with van der Waals surface area (Å²) in [5.74, 6) is -0.933. The van der Waals surface area contributed by atoms with Gasteiger partial charge in [-0.3, -0.25) is 14.4 Å². The van der Waals surface area contributed by atoms with Crippen molar-refractivity contribution in [1.29, 1.82) is 0 Å². The van der Waals surface area contributed by atoms with Gasteiger partial charge >= 0.3 is 17.9 Å². The molecule has 0 fully saturated rings. The summed E-state index contributed by atoms with van der Waals surface area (Å²) in [5, 5.41) is 0. The van der Waals surface area contributed by atoms with Crippen LogP contribution in [0.3, 0.4) is 0 Å². The molecule has 0 N–H and O–H groups in total. The van der Waals surface area contributed by atoms with Crippen molar-refractivity contribution in [2.45, 2.75) is 252 Å². The van der Waals surface area contributed by atoms with Gasteiger partial charge in [0.2, 0.25) is 0 Å². The highest BCUT2D eigenvalue weighted by molar-refractivity contribution is 5.71. The van der Waals surface area contributed by atoms with E-state index in [2.05, 4.69) is 57.2 Å². The van der Waals surface area contributed by atoms with E-state index in [1.54, 1.807) is 0 Å². The highest BCUT2D eigenvalue weighted by Crippen LogP contribution is 2.14. The molecule has 326 valence electrons. The van der Waals surface area contributed by atoms with Crippen molar-refractivity contribution in [2.24, 2.45) is 0 Å². The number of allylic oxidation sites excluding steroid dienone is 6. The van der Waals surface area contributed by atoms with Crippen LogP contribution in [0.2, 0.25) is 0 Å². The average molecular weight is 787 g/mol. The zero-order chi connectivity index (χ0) is 40.8. The summed E-state index contributed by atoms with van der Waals surface area (Å²) in [4.78, 5) is 37.7. The minimum Gasteiger partial charge on any atom is -0.462 e. The molecular formula is C50H90O6. The maximum Gasteiger partial charge on any atom is 0.306 e. The van der Waals surface area contributed by atoms with Crippen LogP contribution < -0.4 is 0 Å². The molecule has 0 aliphatic carbocycles. The molecule has 0 rings (SSSR count). The molecular weight excluding hydrogens is 697 g/mol. The molecule has 0 aromatic carbocycles. The Labute approximate surface area is 346 Å². The predicted octanol–water partition coefficient (Wildman–Crippen LogP) is 15.4. The number of unbranched alkanes of at least 4 members (excludes halogenated alkanes) is 26. The van der Waals surface area contributed by atoms with Gasteiger partial charge in [0.05, 0.1) is 0 Å². The van der Waals surface area contributed by atoms with E-state index < -0.39 is 6.10 Å². The molecule has 6 nitrogen and oxygen atoms in total. The summed E-state index contributed by atoms with van der Waals surface area (Å²) < 4.78 is 16.7. The van der Waals surface area contributed by atoms with Crippen LogP contribution in [0.5, 0.6) is 0 Å². The zero-order valence-electron chi connectivity index (χ0n) is 37.2. The average Bonchev–Trinajstić information content (AvgIpc) is 3.19. The number of carbonyl (C=O) groups is 3. The van der Waals surface area contributed by atoms with Crippen LogP contribution in [0, 0.1) is 0 Å². The number of hydrogen-bond donors (Lipinski definition) is 0. The van der Waals surface area contributed by atoms with E-state index in [0.717, 1.165) is 70.6 Å². The summed E-state index contributed by atoms with van der Waals surface area (Å²) in [5.41, 5.74) is 0. The summed E-state index contributed by atoms with van der Waals surface area (Å²) >= 11 is 0. The normalized spacial score (nSPS) is 12.3. The summed E-state index contributed by atoms with van der Waals surface area (Å²) in [6.07, 6.45) is 51.4. The van der Waals surface area contributed by atoms with Crippen LogP contribution >= 0.6 is 0 Å². The lowest BCUT2D eigenvalue weighted by Gasteiger charge is -2.18. The third-order valence-corrected chi connectivity index (χ3v) is 10.3. The summed E-state index contributed by atoms with van der Waals surface area (Å²) in [6.45, 7) is 6.54. The van der Waals surface area contributed by atoms with Crippen LogP contribution in [0.15, 0.2) is 36.5 Å². The number of carbonyl (C=O) groups excluding carboxylic acids is 3. The molecule has 0 saturated heterocycles. The van der Waals surface area contributed by atoms with E-state index in [9.17, 15) is 14.4 Å². The molecule has 0 aliphatic rings. The maximum absolute atomic E-state index is 12.7. The van der Waals surface area contributed by atoms with Crippen molar-refractivity contribution in [3.63, 3.8) is 0 Å². The second-order valence-electron chi connectivity index (χ2n) is 16.0. The van der Waals surface area contributed by atoms with Crippen LogP contribution in [0.1, 0.15) is 245 Å². The molecule has 1 unspecified atom stereocenters.